The summed E-state index contributed by atoms with van der Waals surface area (Å²) in [5.74, 6) is 1.77. The van der Waals surface area contributed by atoms with E-state index < -0.39 is 0 Å². The van der Waals surface area contributed by atoms with Gasteiger partial charge in [0.15, 0.2) is 0 Å². The Morgan fingerprint density at radius 2 is 2.25 bits per heavy atom. The summed E-state index contributed by atoms with van der Waals surface area (Å²) in [4.78, 5) is 0. The zero-order valence-corrected chi connectivity index (χ0v) is 8.26. The number of aromatic nitrogens is 2. The van der Waals surface area contributed by atoms with E-state index in [1.165, 1.54) is 0 Å². The molecule has 1 rings (SSSR count). The second-order valence-corrected chi connectivity index (χ2v) is 3.57. The van der Waals surface area contributed by atoms with E-state index in [1.54, 1.807) is 0 Å². The topological polar surface area (TPSA) is 29.9 Å². The quantitative estimate of drug-likeness (QED) is 0.744. The molecule has 0 spiro atoms. The lowest BCUT2D eigenvalue weighted by Crippen LogP contribution is -2.10. The zero-order chi connectivity index (χ0) is 9.14. The molecule has 0 saturated heterocycles. The summed E-state index contributed by atoms with van der Waals surface area (Å²) < 4.78 is 1.87. The Hall–Kier alpha value is -0.990. The molecule has 0 radical (unpaired) electrons. The van der Waals surface area contributed by atoms with Crippen LogP contribution >= 0.6 is 0 Å². The van der Waals surface area contributed by atoms with E-state index in [9.17, 15) is 0 Å². The summed E-state index contributed by atoms with van der Waals surface area (Å²) >= 11 is 0. The van der Waals surface area contributed by atoms with Crippen molar-refractivity contribution in [2.75, 3.05) is 11.9 Å². The fourth-order valence-corrected chi connectivity index (χ4v) is 1.08. The molecule has 1 N–H and O–H groups in total. The summed E-state index contributed by atoms with van der Waals surface area (Å²) in [7, 11) is 1.95. The molecule has 0 aliphatic rings. The maximum Gasteiger partial charge on any atom is 0.124 e. The minimum absolute atomic E-state index is 0.667. The molecule has 0 aliphatic carbocycles. The van der Waals surface area contributed by atoms with Crippen molar-refractivity contribution in [1.82, 2.24) is 9.78 Å². The Labute approximate surface area is 73.8 Å². The highest BCUT2D eigenvalue weighted by atomic mass is 15.3. The molecule has 3 heteroatoms. The van der Waals surface area contributed by atoms with E-state index in [-0.39, 0.29) is 0 Å². The van der Waals surface area contributed by atoms with Crippen molar-refractivity contribution in [2.24, 2.45) is 13.0 Å². The van der Waals surface area contributed by atoms with Crippen molar-refractivity contribution in [3.8, 4) is 0 Å². The number of aryl methyl sites for hydroxylation is 2. The van der Waals surface area contributed by atoms with Gasteiger partial charge < -0.3 is 5.32 Å². The Morgan fingerprint density at radius 3 is 2.67 bits per heavy atom. The fourth-order valence-electron chi connectivity index (χ4n) is 1.08. The second-order valence-electron chi connectivity index (χ2n) is 3.57. The van der Waals surface area contributed by atoms with Crippen LogP contribution in [0.3, 0.4) is 0 Å². The lowest BCUT2D eigenvalue weighted by molar-refractivity contribution is 0.675. The number of hydrogen-bond donors (Lipinski definition) is 1. The normalized spacial score (nSPS) is 10.8. The predicted molar refractivity (Wildman–Crippen MR) is 51.3 cm³/mol. The Balaban J connectivity index is 2.57. The molecule has 12 heavy (non-hydrogen) atoms. The number of nitrogens with one attached hydrogen (secondary N) is 1. The third-order valence-electron chi connectivity index (χ3n) is 1.69. The molecular formula is C9H17N3. The smallest absolute Gasteiger partial charge is 0.124 e. The van der Waals surface area contributed by atoms with Crippen LogP contribution in [-0.2, 0) is 7.05 Å². The number of hydrogen-bond acceptors (Lipinski definition) is 2. The van der Waals surface area contributed by atoms with Gasteiger partial charge >= 0.3 is 0 Å². The van der Waals surface area contributed by atoms with E-state index in [1.807, 2.05) is 18.7 Å². The van der Waals surface area contributed by atoms with E-state index in [4.69, 9.17) is 0 Å². The largest absolute Gasteiger partial charge is 0.370 e. The molecular weight excluding hydrogens is 150 g/mol. The predicted octanol–water partition coefficient (Wildman–Crippen LogP) is 1.80. The SMILES string of the molecule is Cc1cc(NCC(C)C)n(C)n1. The molecule has 0 aliphatic heterocycles. The average molecular weight is 167 g/mol. The van der Waals surface area contributed by atoms with Gasteiger partial charge in [0, 0.05) is 19.7 Å². The maximum absolute atomic E-state index is 4.24. The van der Waals surface area contributed by atoms with Gasteiger partial charge in [-0.2, -0.15) is 5.10 Å². The molecule has 0 fully saturated rings. The molecule has 0 bridgehead atoms. The van der Waals surface area contributed by atoms with Gasteiger partial charge in [-0.1, -0.05) is 13.8 Å². The standard InChI is InChI=1S/C9H17N3/c1-7(2)6-10-9-5-8(3)11-12(9)4/h5,7,10H,6H2,1-4H3. The van der Waals surface area contributed by atoms with Crippen LogP contribution in [0.2, 0.25) is 0 Å². The minimum Gasteiger partial charge on any atom is -0.370 e. The van der Waals surface area contributed by atoms with Gasteiger partial charge in [-0.05, 0) is 12.8 Å². The van der Waals surface area contributed by atoms with Crippen molar-refractivity contribution in [2.45, 2.75) is 20.8 Å². The first-order chi connectivity index (χ1) is 5.59. The van der Waals surface area contributed by atoms with Gasteiger partial charge in [-0.3, -0.25) is 4.68 Å². The molecule has 3 nitrogen and oxygen atoms in total. The van der Waals surface area contributed by atoms with Crippen LogP contribution in [0.15, 0.2) is 6.07 Å². The van der Waals surface area contributed by atoms with Crippen LogP contribution < -0.4 is 5.32 Å². The van der Waals surface area contributed by atoms with Crippen molar-refractivity contribution in [3.05, 3.63) is 11.8 Å². The summed E-state index contributed by atoms with van der Waals surface area (Å²) in [6, 6.07) is 2.06. The van der Waals surface area contributed by atoms with Crippen molar-refractivity contribution >= 4 is 5.82 Å². The van der Waals surface area contributed by atoms with Crippen LogP contribution in [-0.4, -0.2) is 16.3 Å². The van der Waals surface area contributed by atoms with Gasteiger partial charge in [0.25, 0.3) is 0 Å². The van der Waals surface area contributed by atoms with E-state index >= 15 is 0 Å². The molecule has 1 aromatic heterocycles. The number of anilines is 1. The monoisotopic (exact) mass is 167 g/mol. The molecule has 1 heterocycles. The van der Waals surface area contributed by atoms with Gasteiger partial charge in [0.05, 0.1) is 5.69 Å². The highest BCUT2D eigenvalue weighted by Crippen LogP contribution is 2.08. The molecule has 0 saturated carbocycles. The number of rotatable bonds is 3. The Morgan fingerprint density at radius 1 is 1.58 bits per heavy atom. The van der Waals surface area contributed by atoms with Gasteiger partial charge in [0.1, 0.15) is 5.82 Å². The molecule has 0 atom stereocenters. The zero-order valence-electron chi connectivity index (χ0n) is 8.26. The number of nitrogens with zero attached hydrogens (tertiary/aromatic N) is 2. The third-order valence-corrected chi connectivity index (χ3v) is 1.69. The first-order valence-electron chi connectivity index (χ1n) is 4.34. The van der Waals surface area contributed by atoms with Crippen LogP contribution in [0.5, 0.6) is 0 Å². The van der Waals surface area contributed by atoms with Crippen LogP contribution in [0.25, 0.3) is 0 Å². The Bertz CT molecular complexity index is 250. The molecule has 0 aromatic carbocycles. The lowest BCUT2D eigenvalue weighted by atomic mass is 10.2. The van der Waals surface area contributed by atoms with E-state index in [2.05, 4.69) is 30.3 Å². The highest BCUT2D eigenvalue weighted by molar-refractivity contribution is 5.36. The van der Waals surface area contributed by atoms with Crippen LogP contribution in [0.1, 0.15) is 19.5 Å². The Kier molecular flexibility index (Phi) is 2.74. The summed E-state index contributed by atoms with van der Waals surface area (Å²) in [6.07, 6.45) is 0. The highest BCUT2D eigenvalue weighted by Gasteiger charge is 2.00. The van der Waals surface area contributed by atoms with Crippen LogP contribution in [0.4, 0.5) is 5.82 Å². The van der Waals surface area contributed by atoms with Crippen LogP contribution in [0, 0.1) is 12.8 Å². The maximum atomic E-state index is 4.24. The summed E-state index contributed by atoms with van der Waals surface area (Å²) in [5, 5.41) is 7.58. The van der Waals surface area contributed by atoms with Crippen molar-refractivity contribution in [3.63, 3.8) is 0 Å². The first-order valence-corrected chi connectivity index (χ1v) is 4.34. The van der Waals surface area contributed by atoms with Gasteiger partial charge in [-0.15, -0.1) is 0 Å². The van der Waals surface area contributed by atoms with Crippen molar-refractivity contribution in [1.29, 1.82) is 0 Å². The lowest BCUT2D eigenvalue weighted by Gasteiger charge is -2.07. The van der Waals surface area contributed by atoms with E-state index in [0.717, 1.165) is 18.1 Å². The molecule has 0 unspecified atom stereocenters. The third kappa shape index (κ3) is 2.26. The average Bonchev–Trinajstić information content (AvgIpc) is 2.26. The van der Waals surface area contributed by atoms with Gasteiger partial charge in [0.2, 0.25) is 0 Å². The minimum atomic E-state index is 0.667. The fraction of sp³-hybridized carbons (Fsp3) is 0.667. The van der Waals surface area contributed by atoms with E-state index in [0.29, 0.717) is 5.92 Å². The second kappa shape index (κ2) is 3.61. The summed E-state index contributed by atoms with van der Waals surface area (Å²) in [5.41, 5.74) is 1.06. The van der Waals surface area contributed by atoms with Gasteiger partial charge in [-0.25, -0.2) is 0 Å². The van der Waals surface area contributed by atoms with Crippen molar-refractivity contribution < 1.29 is 0 Å². The molecule has 1 aromatic rings. The first kappa shape index (κ1) is 9.10. The molecule has 0 amide bonds. The molecule has 68 valence electrons. The summed E-state index contributed by atoms with van der Waals surface area (Å²) in [6.45, 7) is 7.38.